The van der Waals surface area contributed by atoms with Crippen molar-refractivity contribution in [1.82, 2.24) is 0 Å². The maximum Gasteiger partial charge on any atom is 0.338 e. The van der Waals surface area contributed by atoms with Gasteiger partial charge in [0.1, 0.15) is 0 Å². The monoisotopic (exact) mass is 471 g/mol. The van der Waals surface area contributed by atoms with Gasteiger partial charge < -0.3 is 9.64 Å². The second kappa shape index (κ2) is 13.8. The van der Waals surface area contributed by atoms with Gasteiger partial charge in [0.15, 0.2) is 0 Å². The Kier molecular flexibility index (Phi) is 10.8. The molecule has 0 aromatic heterocycles. The van der Waals surface area contributed by atoms with Gasteiger partial charge in [-0.2, -0.15) is 12.6 Å². The molecule has 32 heavy (non-hydrogen) atoms. The van der Waals surface area contributed by atoms with E-state index in [1.54, 1.807) is 11.8 Å². The van der Waals surface area contributed by atoms with Crippen LogP contribution in [0.3, 0.4) is 0 Å². The maximum absolute atomic E-state index is 12.6. The van der Waals surface area contributed by atoms with Crippen molar-refractivity contribution < 1.29 is 9.53 Å². The minimum atomic E-state index is -0.209. The molecule has 2 aromatic carbocycles. The minimum absolute atomic E-state index is 0.209. The number of esters is 1. The van der Waals surface area contributed by atoms with Crippen LogP contribution < -0.4 is 4.90 Å². The first kappa shape index (κ1) is 25.0. The number of nitrogens with zero attached hydrogens (tertiary/aromatic N) is 1. The Morgan fingerprint density at radius 2 is 1.56 bits per heavy atom. The van der Waals surface area contributed by atoms with Gasteiger partial charge >= 0.3 is 5.97 Å². The Morgan fingerprint density at radius 3 is 2.31 bits per heavy atom. The fourth-order valence-corrected chi connectivity index (χ4v) is 5.40. The Morgan fingerprint density at radius 1 is 0.875 bits per heavy atom. The average Bonchev–Trinajstić information content (AvgIpc) is 2.82. The molecular weight excluding hydrogens is 434 g/mol. The van der Waals surface area contributed by atoms with Crippen molar-refractivity contribution in [2.75, 3.05) is 23.8 Å². The molecule has 3 rings (SSSR count). The number of ether oxygens (including phenoxy) is 1. The summed E-state index contributed by atoms with van der Waals surface area (Å²) >= 11 is 5.99. The number of unbranched alkanes of at least 4 members (excludes halogenated alkanes) is 8. The van der Waals surface area contributed by atoms with Gasteiger partial charge in [0.05, 0.1) is 23.5 Å². The van der Waals surface area contributed by atoms with Gasteiger partial charge in [-0.05, 0) is 55.3 Å². The molecule has 0 spiro atoms. The van der Waals surface area contributed by atoms with E-state index in [0.29, 0.717) is 12.2 Å². The first-order chi connectivity index (χ1) is 15.7. The van der Waals surface area contributed by atoms with E-state index in [4.69, 9.17) is 4.74 Å². The van der Waals surface area contributed by atoms with Crippen LogP contribution in [0.25, 0.3) is 0 Å². The van der Waals surface area contributed by atoms with Crippen LogP contribution in [0.4, 0.5) is 11.4 Å². The zero-order chi connectivity index (χ0) is 22.6. The maximum atomic E-state index is 12.6. The highest BCUT2D eigenvalue weighted by atomic mass is 32.2. The number of benzene rings is 2. The van der Waals surface area contributed by atoms with Gasteiger partial charge in [-0.3, -0.25) is 0 Å². The molecular formula is C27H37NO2S2. The van der Waals surface area contributed by atoms with E-state index < -0.39 is 0 Å². The molecule has 1 aliphatic rings. The minimum Gasteiger partial charge on any atom is -0.462 e. The van der Waals surface area contributed by atoms with Gasteiger partial charge in [0.2, 0.25) is 0 Å². The summed E-state index contributed by atoms with van der Waals surface area (Å²) < 4.78 is 5.57. The third-order valence-electron chi connectivity index (χ3n) is 5.88. The van der Waals surface area contributed by atoms with Crippen molar-refractivity contribution in [3.8, 4) is 0 Å². The number of thiol groups is 1. The van der Waals surface area contributed by atoms with E-state index >= 15 is 0 Å². The molecule has 2 aromatic rings. The fourth-order valence-electron chi connectivity index (χ4n) is 4.04. The predicted octanol–water partition coefficient (Wildman–Crippen LogP) is 8.30. The second-order valence-corrected chi connectivity index (χ2v) is 9.98. The molecule has 0 saturated heterocycles. The normalized spacial score (nSPS) is 12.4. The summed E-state index contributed by atoms with van der Waals surface area (Å²) in [5.41, 5.74) is 3.10. The van der Waals surface area contributed by atoms with E-state index in [9.17, 15) is 4.79 Å². The summed E-state index contributed by atoms with van der Waals surface area (Å²) in [4.78, 5) is 17.4. The van der Waals surface area contributed by atoms with Gasteiger partial charge in [0.25, 0.3) is 0 Å². The number of rotatable bonds is 14. The number of fused-ring (bicyclic) bond motifs is 2. The fraction of sp³-hybridized carbons (Fsp3) is 0.519. The van der Waals surface area contributed by atoms with Crippen molar-refractivity contribution in [1.29, 1.82) is 0 Å². The van der Waals surface area contributed by atoms with E-state index in [0.717, 1.165) is 42.9 Å². The number of hydrogen-bond donors (Lipinski definition) is 1. The van der Waals surface area contributed by atoms with E-state index in [-0.39, 0.29) is 5.97 Å². The van der Waals surface area contributed by atoms with Crippen LogP contribution in [0, 0.1) is 0 Å². The van der Waals surface area contributed by atoms with Crippen LogP contribution in [-0.4, -0.2) is 24.9 Å². The molecule has 0 atom stereocenters. The Hall–Kier alpha value is -1.59. The summed E-state index contributed by atoms with van der Waals surface area (Å²) in [5, 5.41) is 0. The molecule has 5 heteroatoms. The smallest absolute Gasteiger partial charge is 0.338 e. The average molecular weight is 472 g/mol. The predicted molar refractivity (Wildman–Crippen MR) is 140 cm³/mol. The molecule has 0 saturated carbocycles. The van der Waals surface area contributed by atoms with Crippen LogP contribution in [0.1, 0.15) is 81.5 Å². The van der Waals surface area contributed by atoms with Crippen molar-refractivity contribution >= 4 is 41.7 Å². The molecule has 0 amide bonds. The number of carbonyl (C=O) groups excluding carboxylic acids is 1. The van der Waals surface area contributed by atoms with Gasteiger partial charge in [-0.15, -0.1) is 0 Å². The molecule has 1 aliphatic heterocycles. The molecule has 1 heterocycles. The SMILES string of the molecule is CCCCN1c2ccccc2Sc2cc(C(=O)OCCCCCCCCCCS)ccc21. The van der Waals surface area contributed by atoms with Crippen LogP contribution in [-0.2, 0) is 4.74 Å². The Balaban J connectivity index is 1.49. The van der Waals surface area contributed by atoms with E-state index in [2.05, 4.69) is 54.8 Å². The third-order valence-corrected chi connectivity index (χ3v) is 7.31. The van der Waals surface area contributed by atoms with Crippen LogP contribution in [0.15, 0.2) is 52.3 Å². The van der Waals surface area contributed by atoms with Crippen LogP contribution >= 0.6 is 24.4 Å². The Bertz CT molecular complexity index is 855. The number of hydrogen-bond acceptors (Lipinski definition) is 5. The Labute approximate surface area is 203 Å². The van der Waals surface area contributed by atoms with Gasteiger partial charge in [-0.1, -0.05) is 75.8 Å². The van der Waals surface area contributed by atoms with Gasteiger partial charge in [0, 0.05) is 16.3 Å². The number of para-hydroxylation sites is 1. The number of anilines is 2. The van der Waals surface area contributed by atoms with Crippen molar-refractivity contribution in [2.45, 2.75) is 80.9 Å². The van der Waals surface area contributed by atoms with Gasteiger partial charge in [-0.25, -0.2) is 4.79 Å². The topological polar surface area (TPSA) is 29.5 Å². The lowest BCUT2D eigenvalue weighted by Gasteiger charge is -2.33. The molecule has 0 unspecified atom stereocenters. The molecule has 0 bridgehead atoms. The molecule has 0 N–H and O–H groups in total. The largest absolute Gasteiger partial charge is 0.462 e. The van der Waals surface area contributed by atoms with Crippen molar-refractivity contribution in [3.63, 3.8) is 0 Å². The summed E-state index contributed by atoms with van der Waals surface area (Å²) in [5.74, 6) is 0.790. The van der Waals surface area contributed by atoms with E-state index in [1.165, 1.54) is 54.8 Å². The van der Waals surface area contributed by atoms with Crippen LogP contribution in [0.2, 0.25) is 0 Å². The van der Waals surface area contributed by atoms with E-state index in [1.807, 2.05) is 12.1 Å². The molecule has 3 nitrogen and oxygen atoms in total. The third kappa shape index (κ3) is 7.21. The summed E-state index contributed by atoms with van der Waals surface area (Å²) in [7, 11) is 0. The standard InChI is InChI=1S/C27H37NO2S2/c1-2-3-18-28-23-14-10-11-15-25(23)32-26-21-22(16-17-24(26)28)27(29)30-19-12-8-6-4-5-7-9-13-20-31/h10-11,14-17,21,31H,2-9,12-13,18-20H2,1H3. The number of carbonyl (C=O) groups is 1. The second-order valence-electron chi connectivity index (χ2n) is 8.45. The quantitative estimate of drug-likeness (QED) is 0.170. The molecule has 0 fully saturated rings. The zero-order valence-corrected chi connectivity index (χ0v) is 21.1. The first-order valence-corrected chi connectivity index (χ1v) is 13.7. The molecule has 174 valence electrons. The summed E-state index contributed by atoms with van der Waals surface area (Å²) in [6.07, 6.45) is 12.0. The molecule has 0 radical (unpaired) electrons. The highest BCUT2D eigenvalue weighted by molar-refractivity contribution is 7.99. The lowest BCUT2D eigenvalue weighted by molar-refractivity contribution is 0.0497. The summed E-state index contributed by atoms with van der Waals surface area (Å²) in [6, 6.07) is 14.5. The highest BCUT2D eigenvalue weighted by Gasteiger charge is 2.24. The lowest BCUT2D eigenvalue weighted by Crippen LogP contribution is -2.22. The molecule has 0 aliphatic carbocycles. The zero-order valence-electron chi connectivity index (χ0n) is 19.4. The summed E-state index contributed by atoms with van der Waals surface area (Å²) in [6.45, 7) is 3.71. The highest BCUT2D eigenvalue weighted by Crippen LogP contribution is 2.48. The lowest BCUT2D eigenvalue weighted by atomic mass is 10.1. The van der Waals surface area contributed by atoms with Crippen molar-refractivity contribution in [3.05, 3.63) is 48.0 Å². The van der Waals surface area contributed by atoms with Crippen LogP contribution in [0.5, 0.6) is 0 Å². The van der Waals surface area contributed by atoms with Crippen molar-refractivity contribution in [2.24, 2.45) is 0 Å². The first-order valence-electron chi connectivity index (χ1n) is 12.2.